The van der Waals surface area contributed by atoms with Gasteiger partial charge < -0.3 is 11.2 Å². The molecule has 14 heavy (non-hydrogen) atoms. The Hall–Kier alpha value is -1.07. The van der Waals surface area contributed by atoms with Crippen LogP contribution in [0.25, 0.3) is 0 Å². The molecule has 0 unspecified atom stereocenters. The minimum Gasteiger partial charge on any atom is -0.322 e. The topological polar surface area (TPSA) is 67.5 Å². The van der Waals surface area contributed by atoms with Crippen LogP contribution in [0.3, 0.4) is 0 Å². The lowest BCUT2D eigenvalue weighted by Crippen LogP contribution is -2.15. The van der Waals surface area contributed by atoms with Gasteiger partial charge in [0.05, 0.1) is 5.69 Å². The summed E-state index contributed by atoms with van der Waals surface area (Å²) in [7, 11) is 0. The Bertz CT molecular complexity index is 458. The molecule has 0 saturated heterocycles. The molecule has 0 bridgehead atoms. The molecular weight excluding hydrogens is 269 g/mol. The number of rotatable bonds is 0. The molecule has 72 valence electrons. The molecule has 2 rings (SSSR count). The van der Waals surface area contributed by atoms with Crippen molar-refractivity contribution in [2.75, 3.05) is 5.32 Å². The van der Waals surface area contributed by atoms with Crippen LogP contribution in [0.15, 0.2) is 21.7 Å². The Balaban J connectivity index is 2.71. The first kappa shape index (κ1) is 9.48. The number of benzene rings is 1. The zero-order valence-electron chi connectivity index (χ0n) is 6.84. The third-order valence-electron chi connectivity index (χ3n) is 1.89. The highest BCUT2D eigenvalue weighted by molar-refractivity contribution is 9.10. The zero-order valence-corrected chi connectivity index (χ0v) is 9.19. The molecule has 0 aromatic heterocycles. The van der Waals surface area contributed by atoms with Crippen molar-refractivity contribution in [3.8, 4) is 0 Å². The Morgan fingerprint density at radius 2 is 2.21 bits per heavy atom. The number of nitrogens with zero attached hydrogens (tertiary/aromatic N) is 1. The number of amides is 1. The van der Waals surface area contributed by atoms with Crippen molar-refractivity contribution >= 4 is 44.8 Å². The molecule has 0 fully saturated rings. The van der Waals surface area contributed by atoms with Gasteiger partial charge in [0, 0.05) is 15.1 Å². The largest absolute Gasteiger partial charge is 0.322 e. The van der Waals surface area contributed by atoms with E-state index in [-0.39, 0.29) is 11.6 Å². The molecule has 1 heterocycles. The summed E-state index contributed by atoms with van der Waals surface area (Å²) in [5, 5.41) is 6.58. The number of anilines is 1. The van der Waals surface area contributed by atoms with Crippen LogP contribution in [0.4, 0.5) is 5.69 Å². The summed E-state index contributed by atoms with van der Waals surface area (Å²) in [5.74, 6) is 4.79. The maximum absolute atomic E-state index is 11.3. The summed E-state index contributed by atoms with van der Waals surface area (Å²) in [5.41, 5.74) is 1.48. The molecule has 0 aliphatic carbocycles. The number of hydrogen-bond acceptors (Lipinski definition) is 3. The highest BCUT2D eigenvalue weighted by Gasteiger charge is 2.28. The number of nitrogens with one attached hydrogen (secondary N) is 1. The zero-order chi connectivity index (χ0) is 10.3. The van der Waals surface area contributed by atoms with E-state index in [4.69, 9.17) is 17.4 Å². The Morgan fingerprint density at radius 1 is 1.50 bits per heavy atom. The first-order valence-corrected chi connectivity index (χ1v) is 4.89. The number of fused-ring (bicyclic) bond motifs is 1. The van der Waals surface area contributed by atoms with Gasteiger partial charge in [0.25, 0.3) is 5.91 Å². The minimum atomic E-state index is -0.314. The predicted molar refractivity (Wildman–Crippen MR) is 58.5 cm³/mol. The molecular formula is C8H5BrClN3O. The van der Waals surface area contributed by atoms with Crippen molar-refractivity contribution < 1.29 is 4.79 Å². The molecule has 1 aliphatic rings. The van der Waals surface area contributed by atoms with Crippen LogP contribution in [-0.4, -0.2) is 11.6 Å². The van der Waals surface area contributed by atoms with Gasteiger partial charge in [0.1, 0.15) is 0 Å². The molecule has 3 N–H and O–H groups in total. The quantitative estimate of drug-likeness (QED) is 0.559. The molecule has 1 aromatic rings. The molecule has 4 nitrogen and oxygen atoms in total. The van der Waals surface area contributed by atoms with Crippen LogP contribution < -0.4 is 11.2 Å². The lowest BCUT2D eigenvalue weighted by atomic mass is 10.1. The standard InChI is InChI=1S/C8H5BrClN3O/c9-5-2-3(10)1-4-6(5)12-8(14)7(4)13-11/h1-2H,11H2,(H,12,13,14). The van der Waals surface area contributed by atoms with Gasteiger partial charge in [-0.1, -0.05) is 11.6 Å². The van der Waals surface area contributed by atoms with E-state index in [2.05, 4.69) is 26.3 Å². The third kappa shape index (κ3) is 1.29. The van der Waals surface area contributed by atoms with Gasteiger partial charge in [-0.15, -0.1) is 0 Å². The van der Waals surface area contributed by atoms with E-state index in [0.29, 0.717) is 20.7 Å². The van der Waals surface area contributed by atoms with E-state index >= 15 is 0 Å². The number of halogens is 2. The van der Waals surface area contributed by atoms with Crippen molar-refractivity contribution in [2.45, 2.75) is 0 Å². The second-order valence-corrected chi connectivity index (χ2v) is 4.03. The lowest BCUT2D eigenvalue weighted by molar-refractivity contribution is -0.110. The fourth-order valence-electron chi connectivity index (χ4n) is 1.31. The van der Waals surface area contributed by atoms with E-state index < -0.39 is 0 Å². The smallest absolute Gasteiger partial charge is 0.276 e. The van der Waals surface area contributed by atoms with Gasteiger partial charge in [-0.2, -0.15) is 5.10 Å². The first-order chi connectivity index (χ1) is 6.63. The fraction of sp³-hybridized carbons (Fsp3) is 0. The summed E-state index contributed by atoms with van der Waals surface area (Å²) in [6, 6.07) is 3.34. The van der Waals surface area contributed by atoms with Crippen LogP contribution >= 0.6 is 27.5 Å². The molecule has 1 aromatic carbocycles. The van der Waals surface area contributed by atoms with Gasteiger partial charge in [0.2, 0.25) is 0 Å². The van der Waals surface area contributed by atoms with Gasteiger partial charge in [-0.3, -0.25) is 4.79 Å². The summed E-state index contributed by atoms with van der Waals surface area (Å²) in [4.78, 5) is 11.3. The Labute approximate surface area is 93.2 Å². The number of hydrazone groups is 1. The summed E-state index contributed by atoms with van der Waals surface area (Å²) in [6.07, 6.45) is 0. The second kappa shape index (κ2) is 3.25. The van der Waals surface area contributed by atoms with Gasteiger partial charge in [-0.25, -0.2) is 0 Å². The Kier molecular flexibility index (Phi) is 2.20. The summed E-state index contributed by atoms with van der Waals surface area (Å²) >= 11 is 9.12. The van der Waals surface area contributed by atoms with Crippen molar-refractivity contribution in [3.05, 3.63) is 27.2 Å². The third-order valence-corrected chi connectivity index (χ3v) is 2.74. The molecule has 0 atom stereocenters. The summed E-state index contributed by atoms with van der Waals surface area (Å²) in [6.45, 7) is 0. The van der Waals surface area contributed by atoms with E-state index in [1.54, 1.807) is 12.1 Å². The molecule has 1 amide bonds. The first-order valence-electron chi connectivity index (χ1n) is 3.72. The van der Waals surface area contributed by atoms with Crippen molar-refractivity contribution in [3.63, 3.8) is 0 Å². The molecule has 1 aliphatic heterocycles. The minimum absolute atomic E-state index is 0.197. The van der Waals surface area contributed by atoms with Crippen LogP contribution in [-0.2, 0) is 4.79 Å². The maximum Gasteiger partial charge on any atom is 0.276 e. The highest BCUT2D eigenvalue weighted by Crippen LogP contribution is 2.34. The number of carbonyl (C=O) groups is 1. The number of carbonyl (C=O) groups excluding carboxylic acids is 1. The van der Waals surface area contributed by atoms with E-state index in [0.717, 1.165) is 0 Å². The lowest BCUT2D eigenvalue weighted by Gasteiger charge is -2.01. The molecule has 0 spiro atoms. The van der Waals surface area contributed by atoms with Crippen molar-refractivity contribution in [1.82, 2.24) is 0 Å². The second-order valence-electron chi connectivity index (χ2n) is 2.74. The van der Waals surface area contributed by atoms with Crippen molar-refractivity contribution in [2.24, 2.45) is 10.9 Å². The highest BCUT2D eigenvalue weighted by atomic mass is 79.9. The SMILES string of the molecule is N/N=C1\C(=O)Nc2c(Br)cc(Cl)cc21. The van der Waals surface area contributed by atoms with Crippen LogP contribution in [0.5, 0.6) is 0 Å². The van der Waals surface area contributed by atoms with Crippen molar-refractivity contribution in [1.29, 1.82) is 0 Å². The van der Waals surface area contributed by atoms with E-state index in [9.17, 15) is 4.79 Å². The number of nitrogens with two attached hydrogens (primary N) is 1. The number of hydrogen-bond donors (Lipinski definition) is 2. The van der Waals surface area contributed by atoms with Gasteiger partial charge >= 0.3 is 0 Å². The monoisotopic (exact) mass is 273 g/mol. The predicted octanol–water partition coefficient (Wildman–Crippen LogP) is 1.72. The average molecular weight is 275 g/mol. The maximum atomic E-state index is 11.3. The van der Waals surface area contributed by atoms with E-state index in [1.165, 1.54) is 0 Å². The fourth-order valence-corrected chi connectivity index (χ4v) is 2.22. The average Bonchev–Trinajstić information content (AvgIpc) is 2.41. The summed E-state index contributed by atoms with van der Waals surface area (Å²) < 4.78 is 0.715. The molecule has 6 heteroatoms. The van der Waals surface area contributed by atoms with Crippen LogP contribution in [0.2, 0.25) is 5.02 Å². The Morgan fingerprint density at radius 3 is 2.86 bits per heavy atom. The van der Waals surface area contributed by atoms with Crippen LogP contribution in [0.1, 0.15) is 5.56 Å². The normalized spacial score (nSPS) is 17.0. The van der Waals surface area contributed by atoms with E-state index in [1.807, 2.05) is 0 Å². The van der Waals surface area contributed by atoms with Crippen LogP contribution in [0, 0.1) is 0 Å². The molecule has 0 radical (unpaired) electrons. The van der Waals surface area contributed by atoms with Gasteiger partial charge in [0.15, 0.2) is 5.71 Å². The molecule has 0 saturated carbocycles. The van der Waals surface area contributed by atoms with Gasteiger partial charge in [-0.05, 0) is 28.1 Å².